The van der Waals surface area contributed by atoms with Gasteiger partial charge in [-0.25, -0.2) is 8.42 Å². The van der Waals surface area contributed by atoms with Gasteiger partial charge in [-0.05, 0) is 50.4 Å². The summed E-state index contributed by atoms with van der Waals surface area (Å²) in [6.45, 7) is 4.57. The summed E-state index contributed by atoms with van der Waals surface area (Å²) >= 11 is 1.40. The van der Waals surface area contributed by atoms with Gasteiger partial charge in [-0.2, -0.15) is 4.31 Å². The van der Waals surface area contributed by atoms with Crippen molar-refractivity contribution in [2.45, 2.75) is 30.4 Å². The SMILES string of the molecule is CCNCCc1ccc(S(=O)(=O)N(C)CC2CC2)s1. The van der Waals surface area contributed by atoms with Crippen LogP contribution < -0.4 is 5.32 Å². The summed E-state index contributed by atoms with van der Waals surface area (Å²) < 4.78 is 26.7. The summed E-state index contributed by atoms with van der Waals surface area (Å²) in [5.41, 5.74) is 0. The van der Waals surface area contributed by atoms with Crippen LogP contribution in [0.3, 0.4) is 0 Å². The Morgan fingerprint density at radius 1 is 1.42 bits per heavy atom. The molecule has 2 rings (SSSR count). The molecule has 1 fully saturated rings. The van der Waals surface area contributed by atoms with E-state index < -0.39 is 10.0 Å². The van der Waals surface area contributed by atoms with Crippen molar-refractivity contribution in [1.29, 1.82) is 0 Å². The average molecular weight is 302 g/mol. The lowest BCUT2D eigenvalue weighted by Crippen LogP contribution is -2.28. The van der Waals surface area contributed by atoms with Crippen molar-refractivity contribution in [2.24, 2.45) is 5.92 Å². The fourth-order valence-corrected chi connectivity index (χ4v) is 4.75. The maximum absolute atomic E-state index is 12.4. The number of sulfonamides is 1. The number of thiophene rings is 1. The number of nitrogens with zero attached hydrogens (tertiary/aromatic N) is 1. The van der Waals surface area contributed by atoms with E-state index in [2.05, 4.69) is 12.2 Å². The molecule has 19 heavy (non-hydrogen) atoms. The van der Waals surface area contributed by atoms with E-state index in [0.717, 1.165) is 37.2 Å². The average Bonchev–Trinajstić information content (AvgIpc) is 3.05. The summed E-state index contributed by atoms with van der Waals surface area (Å²) in [5.74, 6) is 0.577. The van der Waals surface area contributed by atoms with E-state index in [1.807, 2.05) is 6.07 Å². The highest BCUT2D eigenvalue weighted by atomic mass is 32.2. The highest BCUT2D eigenvalue weighted by Gasteiger charge is 2.29. The predicted octanol–water partition coefficient (Wildman–Crippen LogP) is 1.93. The van der Waals surface area contributed by atoms with Crippen LogP contribution in [-0.4, -0.2) is 39.4 Å². The minimum atomic E-state index is -3.27. The Morgan fingerprint density at radius 2 is 2.16 bits per heavy atom. The minimum Gasteiger partial charge on any atom is -0.317 e. The van der Waals surface area contributed by atoms with Crippen molar-refractivity contribution < 1.29 is 8.42 Å². The zero-order valence-corrected chi connectivity index (χ0v) is 13.2. The van der Waals surface area contributed by atoms with E-state index in [-0.39, 0.29) is 0 Å². The second-order valence-electron chi connectivity index (χ2n) is 5.05. The number of hydrogen-bond acceptors (Lipinski definition) is 4. The smallest absolute Gasteiger partial charge is 0.252 e. The molecule has 0 aliphatic heterocycles. The first-order valence-corrected chi connectivity index (χ1v) is 9.05. The van der Waals surface area contributed by atoms with Gasteiger partial charge in [0.1, 0.15) is 4.21 Å². The third kappa shape index (κ3) is 4.02. The van der Waals surface area contributed by atoms with Crippen LogP contribution in [0.2, 0.25) is 0 Å². The van der Waals surface area contributed by atoms with E-state index >= 15 is 0 Å². The molecular weight excluding hydrogens is 280 g/mol. The Labute approximate surface area is 119 Å². The van der Waals surface area contributed by atoms with Crippen LogP contribution in [0.5, 0.6) is 0 Å². The maximum atomic E-state index is 12.4. The molecule has 0 radical (unpaired) electrons. The Bertz CT molecular complexity index is 506. The number of hydrogen-bond donors (Lipinski definition) is 1. The van der Waals surface area contributed by atoms with Gasteiger partial charge in [-0.15, -0.1) is 11.3 Å². The van der Waals surface area contributed by atoms with Gasteiger partial charge in [0.2, 0.25) is 0 Å². The van der Waals surface area contributed by atoms with E-state index in [1.165, 1.54) is 15.6 Å². The van der Waals surface area contributed by atoms with Crippen LogP contribution in [-0.2, 0) is 16.4 Å². The van der Waals surface area contributed by atoms with Crippen LogP contribution in [0, 0.1) is 5.92 Å². The molecule has 1 N–H and O–H groups in total. The Hall–Kier alpha value is -0.430. The number of likely N-dealkylation sites (N-methyl/N-ethyl adjacent to an activating group) is 1. The molecular formula is C13H22N2O2S2. The van der Waals surface area contributed by atoms with Crippen LogP contribution in [0.15, 0.2) is 16.3 Å². The van der Waals surface area contributed by atoms with Gasteiger partial charge in [0, 0.05) is 18.5 Å². The minimum absolute atomic E-state index is 0.474. The maximum Gasteiger partial charge on any atom is 0.252 e. The Morgan fingerprint density at radius 3 is 2.79 bits per heavy atom. The van der Waals surface area contributed by atoms with Crippen molar-refractivity contribution in [3.63, 3.8) is 0 Å². The summed E-state index contributed by atoms with van der Waals surface area (Å²) in [7, 11) is -1.59. The van der Waals surface area contributed by atoms with Gasteiger partial charge < -0.3 is 5.32 Å². The third-order valence-corrected chi connectivity index (χ3v) is 6.75. The first-order chi connectivity index (χ1) is 9.04. The number of nitrogens with one attached hydrogen (secondary N) is 1. The Balaban J connectivity index is 1.99. The second kappa shape index (κ2) is 6.35. The molecule has 108 valence electrons. The van der Waals surface area contributed by atoms with Crippen LogP contribution in [0.25, 0.3) is 0 Å². The van der Waals surface area contributed by atoms with Gasteiger partial charge in [-0.1, -0.05) is 6.92 Å². The fraction of sp³-hybridized carbons (Fsp3) is 0.692. The molecule has 0 spiro atoms. The molecule has 1 saturated carbocycles. The molecule has 6 heteroatoms. The summed E-state index contributed by atoms with van der Waals surface area (Å²) in [4.78, 5) is 1.12. The topological polar surface area (TPSA) is 49.4 Å². The lowest BCUT2D eigenvalue weighted by molar-refractivity contribution is 0.454. The third-order valence-electron chi connectivity index (χ3n) is 3.31. The van der Waals surface area contributed by atoms with Crippen molar-refractivity contribution in [2.75, 3.05) is 26.7 Å². The molecule has 0 unspecified atom stereocenters. The molecule has 1 aromatic heterocycles. The normalized spacial score (nSPS) is 16.2. The monoisotopic (exact) mass is 302 g/mol. The van der Waals surface area contributed by atoms with Gasteiger partial charge in [0.15, 0.2) is 0 Å². The molecule has 0 atom stereocenters. The molecule has 0 amide bonds. The largest absolute Gasteiger partial charge is 0.317 e. The van der Waals surface area contributed by atoms with E-state index in [1.54, 1.807) is 13.1 Å². The summed E-state index contributed by atoms with van der Waals surface area (Å²) in [6, 6.07) is 3.67. The molecule has 1 heterocycles. The molecule has 0 aromatic carbocycles. The van der Waals surface area contributed by atoms with E-state index in [9.17, 15) is 8.42 Å². The lowest BCUT2D eigenvalue weighted by Gasteiger charge is -2.15. The van der Waals surface area contributed by atoms with Crippen LogP contribution in [0.1, 0.15) is 24.6 Å². The van der Waals surface area contributed by atoms with E-state index in [0.29, 0.717) is 16.7 Å². The second-order valence-corrected chi connectivity index (χ2v) is 8.49. The molecule has 1 aromatic rings. The van der Waals surface area contributed by atoms with E-state index in [4.69, 9.17) is 0 Å². The lowest BCUT2D eigenvalue weighted by atomic mass is 10.3. The number of rotatable bonds is 8. The summed E-state index contributed by atoms with van der Waals surface area (Å²) in [6.07, 6.45) is 3.22. The zero-order valence-electron chi connectivity index (χ0n) is 11.6. The van der Waals surface area contributed by atoms with Gasteiger partial charge in [0.25, 0.3) is 10.0 Å². The highest BCUT2D eigenvalue weighted by molar-refractivity contribution is 7.91. The molecule has 1 aliphatic rings. The Kier molecular flexibility index (Phi) is 5.00. The first-order valence-electron chi connectivity index (χ1n) is 6.79. The molecule has 0 bridgehead atoms. The van der Waals surface area contributed by atoms with Gasteiger partial charge in [0.05, 0.1) is 0 Å². The van der Waals surface area contributed by atoms with Crippen molar-refractivity contribution in [1.82, 2.24) is 9.62 Å². The van der Waals surface area contributed by atoms with Crippen LogP contribution >= 0.6 is 11.3 Å². The van der Waals surface area contributed by atoms with Crippen molar-refractivity contribution in [3.05, 3.63) is 17.0 Å². The van der Waals surface area contributed by atoms with Gasteiger partial charge in [-0.3, -0.25) is 0 Å². The standard InChI is InChI=1S/C13H22N2O2S2/c1-3-14-9-8-12-6-7-13(18-12)19(16,17)15(2)10-11-4-5-11/h6-7,11,14H,3-5,8-10H2,1-2H3. The first kappa shape index (κ1) is 15.0. The quantitative estimate of drug-likeness (QED) is 0.747. The predicted molar refractivity (Wildman–Crippen MR) is 79.1 cm³/mol. The van der Waals surface area contributed by atoms with Gasteiger partial charge >= 0.3 is 0 Å². The molecule has 0 saturated heterocycles. The van der Waals surface area contributed by atoms with Crippen molar-refractivity contribution >= 4 is 21.4 Å². The zero-order chi connectivity index (χ0) is 13.9. The summed E-state index contributed by atoms with van der Waals surface area (Å²) in [5, 5.41) is 3.25. The van der Waals surface area contributed by atoms with Crippen LogP contribution in [0.4, 0.5) is 0 Å². The highest BCUT2D eigenvalue weighted by Crippen LogP contribution is 2.32. The molecule has 1 aliphatic carbocycles. The fourth-order valence-electron chi connectivity index (χ4n) is 1.94. The molecule has 4 nitrogen and oxygen atoms in total. The van der Waals surface area contributed by atoms with Crippen molar-refractivity contribution in [3.8, 4) is 0 Å².